The minimum absolute atomic E-state index is 0.174. The van der Waals surface area contributed by atoms with E-state index in [4.69, 9.17) is 9.47 Å². The van der Waals surface area contributed by atoms with Gasteiger partial charge in [-0.15, -0.1) is 0 Å². The molecule has 1 saturated heterocycles. The molecular weight excluding hydrogens is 337 g/mol. The molecule has 0 spiro atoms. The van der Waals surface area contributed by atoms with E-state index in [0.717, 1.165) is 5.69 Å². The molecule has 0 aromatic heterocycles. The summed E-state index contributed by atoms with van der Waals surface area (Å²) in [5, 5.41) is 2.88. The Morgan fingerprint density at radius 1 is 1.00 bits per heavy atom. The summed E-state index contributed by atoms with van der Waals surface area (Å²) in [7, 11) is 3.12. The molecule has 0 radical (unpaired) electrons. The summed E-state index contributed by atoms with van der Waals surface area (Å²) in [4.78, 5) is 16.4. The lowest BCUT2D eigenvalue weighted by molar-refractivity contribution is 0.208. The van der Waals surface area contributed by atoms with Crippen LogP contribution in [-0.2, 0) is 0 Å². The van der Waals surface area contributed by atoms with Gasteiger partial charge in [0.15, 0.2) is 0 Å². The lowest BCUT2D eigenvalue weighted by atomic mass is 10.2. The molecule has 0 bridgehead atoms. The summed E-state index contributed by atoms with van der Waals surface area (Å²) in [6.07, 6.45) is 0. The van der Waals surface area contributed by atoms with Crippen molar-refractivity contribution >= 4 is 17.4 Å². The van der Waals surface area contributed by atoms with Crippen molar-refractivity contribution in [1.82, 2.24) is 4.90 Å². The molecule has 0 saturated carbocycles. The van der Waals surface area contributed by atoms with Crippen LogP contribution in [0.15, 0.2) is 42.5 Å². The molecule has 2 amide bonds. The normalized spacial score (nSPS) is 14.1. The molecule has 1 fully saturated rings. The largest absolute Gasteiger partial charge is 0.497 e. The third-order valence-corrected chi connectivity index (χ3v) is 4.41. The summed E-state index contributed by atoms with van der Waals surface area (Å²) in [5.41, 5.74) is 1.56. The number of urea groups is 1. The number of piperazine rings is 1. The number of hydrogen-bond donors (Lipinski definition) is 1. The summed E-state index contributed by atoms with van der Waals surface area (Å²) >= 11 is 0. The lowest BCUT2D eigenvalue weighted by Gasteiger charge is -2.36. The first-order chi connectivity index (χ1) is 12.6. The number of halogens is 1. The summed E-state index contributed by atoms with van der Waals surface area (Å²) in [6.45, 7) is 2.56. The van der Waals surface area contributed by atoms with Crippen molar-refractivity contribution in [2.75, 3.05) is 50.6 Å². The van der Waals surface area contributed by atoms with Gasteiger partial charge in [-0.1, -0.05) is 0 Å². The van der Waals surface area contributed by atoms with Crippen LogP contribution in [0, 0.1) is 5.82 Å². The molecule has 0 atom stereocenters. The van der Waals surface area contributed by atoms with Gasteiger partial charge in [-0.2, -0.15) is 0 Å². The quantitative estimate of drug-likeness (QED) is 0.911. The third kappa shape index (κ3) is 3.99. The van der Waals surface area contributed by atoms with E-state index in [1.807, 2.05) is 0 Å². The smallest absolute Gasteiger partial charge is 0.322 e. The van der Waals surface area contributed by atoms with Crippen molar-refractivity contribution in [2.24, 2.45) is 0 Å². The zero-order valence-electron chi connectivity index (χ0n) is 14.9. The first-order valence-electron chi connectivity index (χ1n) is 8.39. The van der Waals surface area contributed by atoms with E-state index >= 15 is 0 Å². The second kappa shape index (κ2) is 7.95. The van der Waals surface area contributed by atoms with Gasteiger partial charge < -0.3 is 24.6 Å². The van der Waals surface area contributed by atoms with Gasteiger partial charge in [-0.05, 0) is 36.4 Å². The Morgan fingerprint density at radius 2 is 1.69 bits per heavy atom. The van der Waals surface area contributed by atoms with E-state index in [0.29, 0.717) is 43.4 Å². The van der Waals surface area contributed by atoms with Gasteiger partial charge in [0.1, 0.15) is 17.3 Å². The molecule has 6 nitrogen and oxygen atoms in total. The van der Waals surface area contributed by atoms with Gasteiger partial charge >= 0.3 is 6.03 Å². The van der Waals surface area contributed by atoms with Gasteiger partial charge in [0.2, 0.25) is 0 Å². The highest BCUT2D eigenvalue weighted by Gasteiger charge is 2.22. The van der Waals surface area contributed by atoms with E-state index in [1.54, 1.807) is 49.5 Å². The summed E-state index contributed by atoms with van der Waals surface area (Å²) in [6, 6.07) is 11.5. The number of rotatable bonds is 4. The average Bonchev–Trinajstić information content (AvgIpc) is 2.69. The molecule has 1 N–H and O–H groups in total. The zero-order valence-corrected chi connectivity index (χ0v) is 14.9. The Hall–Kier alpha value is -2.96. The molecule has 3 rings (SSSR count). The molecule has 26 heavy (non-hydrogen) atoms. The van der Waals surface area contributed by atoms with E-state index in [2.05, 4.69) is 10.2 Å². The minimum atomic E-state index is -0.250. The van der Waals surface area contributed by atoms with Crippen molar-refractivity contribution in [1.29, 1.82) is 0 Å². The van der Waals surface area contributed by atoms with Crippen LogP contribution in [0.2, 0.25) is 0 Å². The van der Waals surface area contributed by atoms with Gasteiger partial charge in [0.25, 0.3) is 0 Å². The predicted octanol–water partition coefficient (Wildman–Crippen LogP) is 3.20. The zero-order chi connectivity index (χ0) is 18.5. The molecule has 7 heteroatoms. The number of benzene rings is 2. The Bertz CT molecular complexity index is 759. The van der Waals surface area contributed by atoms with Crippen molar-refractivity contribution in [3.8, 4) is 11.5 Å². The molecule has 1 aliphatic heterocycles. The number of carbonyl (C=O) groups excluding carboxylic acids is 1. The van der Waals surface area contributed by atoms with Crippen LogP contribution in [-0.4, -0.2) is 51.3 Å². The summed E-state index contributed by atoms with van der Waals surface area (Å²) < 4.78 is 23.5. The number of carbonyl (C=O) groups is 1. The highest BCUT2D eigenvalue weighted by Crippen LogP contribution is 2.29. The second-order valence-corrected chi connectivity index (χ2v) is 5.95. The van der Waals surface area contributed by atoms with E-state index in [1.165, 1.54) is 12.1 Å². The van der Waals surface area contributed by atoms with Crippen LogP contribution in [0.4, 0.5) is 20.6 Å². The second-order valence-electron chi connectivity index (χ2n) is 5.95. The van der Waals surface area contributed by atoms with Crippen molar-refractivity contribution in [3.63, 3.8) is 0 Å². The van der Waals surface area contributed by atoms with Gasteiger partial charge in [0.05, 0.1) is 19.9 Å². The molecule has 0 unspecified atom stereocenters. The number of anilines is 2. The fourth-order valence-electron chi connectivity index (χ4n) is 2.92. The number of methoxy groups -OCH3 is 2. The molecule has 0 aliphatic carbocycles. The fraction of sp³-hybridized carbons (Fsp3) is 0.316. The van der Waals surface area contributed by atoms with Crippen LogP contribution in [0.3, 0.4) is 0 Å². The van der Waals surface area contributed by atoms with Crippen LogP contribution >= 0.6 is 0 Å². The maximum absolute atomic E-state index is 13.0. The molecular formula is C19H22FN3O3. The Kier molecular flexibility index (Phi) is 5.46. The number of amides is 2. The van der Waals surface area contributed by atoms with Crippen molar-refractivity contribution in [3.05, 3.63) is 48.3 Å². The Balaban J connectivity index is 1.59. The summed E-state index contributed by atoms with van der Waals surface area (Å²) in [5.74, 6) is 0.954. The number of hydrogen-bond acceptors (Lipinski definition) is 4. The third-order valence-electron chi connectivity index (χ3n) is 4.41. The fourth-order valence-corrected chi connectivity index (χ4v) is 2.92. The topological polar surface area (TPSA) is 54.0 Å². The van der Waals surface area contributed by atoms with Gasteiger partial charge in [0, 0.05) is 37.9 Å². The molecule has 1 heterocycles. The molecule has 138 valence electrons. The molecule has 2 aromatic rings. The maximum Gasteiger partial charge on any atom is 0.322 e. The van der Waals surface area contributed by atoms with Gasteiger partial charge in [-0.25, -0.2) is 9.18 Å². The average molecular weight is 359 g/mol. The predicted molar refractivity (Wildman–Crippen MR) is 98.8 cm³/mol. The number of nitrogens with zero attached hydrogens (tertiary/aromatic N) is 2. The maximum atomic E-state index is 13.0. The minimum Gasteiger partial charge on any atom is -0.497 e. The van der Waals surface area contributed by atoms with Gasteiger partial charge in [-0.3, -0.25) is 0 Å². The molecule has 2 aromatic carbocycles. The monoisotopic (exact) mass is 359 g/mol. The number of nitrogens with one attached hydrogen (secondary N) is 1. The molecule has 1 aliphatic rings. The highest BCUT2D eigenvalue weighted by molar-refractivity contribution is 5.91. The van der Waals surface area contributed by atoms with Crippen molar-refractivity contribution in [2.45, 2.75) is 0 Å². The number of ether oxygens (including phenoxy) is 2. The SMILES string of the molecule is COc1ccc(NC(=O)N2CCN(c3ccc(F)cc3)CC2)c(OC)c1. The first kappa shape index (κ1) is 17.8. The van der Waals surface area contributed by atoms with E-state index < -0.39 is 0 Å². The van der Waals surface area contributed by atoms with Crippen LogP contribution in [0.25, 0.3) is 0 Å². The van der Waals surface area contributed by atoms with Crippen LogP contribution < -0.4 is 19.7 Å². The van der Waals surface area contributed by atoms with Crippen LogP contribution in [0.5, 0.6) is 11.5 Å². The standard InChI is InChI=1S/C19H22FN3O3/c1-25-16-7-8-17(18(13-16)26-2)21-19(24)23-11-9-22(10-12-23)15-5-3-14(20)4-6-15/h3-8,13H,9-12H2,1-2H3,(H,21,24). The van der Waals surface area contributed by atoms with Crippen molar-refractivity contribution < 1.29 is 18.7 Å². The van der Waals surface area contributed by atoms with E-state index in [9.17, 15) is 9.18 Å². The highest BCUT2D eigenvalue weighted by atomic mass is 19.1. The van der Waals surface area contributed by atoms with E-state index in [-0.39, 0.29) is 11.8 Å². The Labute approximate surface area is 152 Å². The Morgan fingerprint density at radius 3 is 2.31 bits per heavy atom. The van der Waals surface area contributed by atoms with Crippen LogP contribution in [0.1, 0.15) is 0 Å². The first-order valence-corrected chi connectivity index (χ1v) is 8.39. The lowest BCUT2D eigenvalue weighted by Crippen LogP contribution is -2.50.